The molecule has 0 fully saturated rings. The Bertz CT molecular complexity index is 575. The van der Waals surface area contributed by atoms with Gasteiger partial charge in [-0.15, -0.1) is 0 Å². The topological polar surface area (TPSA) is 45.2 Å². The Morgan fingerprint density at radius 1 is 1.30 bits per heavy atom. The molecule has 0 aliphatic carbocycles. The monoisotopic (exact) mass is 289 g/mol. The highest BCUT2D eigenvalue weighted by Gasteiger charge is 2.11. The summed E-state index contributed by atoms with van der Waals surface area (Å²) in [7, 11) is 3.76. The van der Waals surface area contributed by atoms with Crippen molar-refractivity contribution in [1.82, 2.24) is 9.88 Å². The van der Waals surface area contributed by atoms with Gasteiger partial charge in [-0.3, -0.25) is 4.79 Å². The first kappa shape index (κ1) is 14.7. The third-order valence-corrected chi connectivity index (χ3v) is 3.81. The fourth-order valence-corrected chi connectivity index (χ4v) is 2.54. The molecular weight excluding hydrogens is 270 g/mol. The second kappa shape index (κ2) is 6.63. The number of hydrogen-bond donors (Lipinski definition) is 1. The van der Waals surface area contributed by atoms with Gasteiger partial charge in [0, 0.05) is 5.69 Å². The molecule has 1 N–H and O–H groups in total. The van der Waals surface area contributed by atoms with Crippen LogP contribution < -0.4 is 5.32 Å². The summed E-state index contributed by atoms with van der Waals surface area (Å²) in [4.78, 5) is 18.7. The van der Waals surface area contributed by atoms with E-state index < -0.39 is 0 Å². The fourth-order valence-electron chi connectivity index (χ4n) is 1.77. The lowest BCUT2D eigenvalue weighted by atomic mass is 10.1. The van der Waals surface area contributed by atoms with E-state index >= 15 is 0 Å². The standard InChI is InChI=1S/C15H19N3OS/c1-4-11-5-7-12(8-6-11)17-15-16-9-14(20-15)13(19)10-18(2)3/h5-9H,4,10H2,1-3H3,(H,16,17). The Morgan fingerprint density at radius 3 is 2.60 bits per heavy atom. The van der Waals surface area contributed by atoms with Crippen LogP contribution >= 0.6 is 11.3 Å². The summed E-state index contributed by atoms with van der Waals surface area (Å²) in [5, 5.41) is 3.97. The molecule has 0 unspecified atom stereocenters. The molecule has 1 aromatic heterocycles. The van der Waals surface area contributed by atoms with Gasteiger partial charge in [0.25, 0.3) is 0 Å². The molecule has 0 saturated carbocycles. The van der Waals surface area contributed by atoms with Gasteiger partial charge in [0.1, 0.15) is 0 Å². The van der Waals surface area contributed by atoms with Crippen LogP contribution in [-0.4, -0.2) is 36.3 Å². The van der Waals surface area contributed by atoms with E-state index in [0.717, 1.165) is 17.2 Å². The molecular formula is C15H19N3OS. The lowest BCUT2D eigenvalue weighted by molar-refractivity contribution is 0.0961. The van der Waals surface area contributed by atoms with Gasteiger partial charge >= 0.3 is 0 Å². The van der Waals surface area contributed by atoms with Crippen molar-refractivity contribution in [2.24, 2.45) is 0 Å². The molecule has 0 saturated heterocycles. The number of benzene rings is 1. The maximum Gasteiger partial charge on any atom is 0.188 e. The number of nitrogens with zero attached hydrogens (tertiary/aromatic N) is 2. The van der Waals surface area contributed by atoms with Crippen LogP contribution in [0.1, 0.15) is 22.2 Å². The van der Waals surface area contributed by atoms with Crippen molar-refractivity contribution in [2.45, 2.75) is 13.3 Å². The van der Waals surface area contributed by atoms with Crippen LogP contribution in [0.5, 0.6) is 0 Å². The van der Waals surface area contributed by atoms with E-state index in [-0.39, 0.29) is 5.78 Å². The number of anilines is 2. The minimum Gasteiger partial charge on any atom is -0.332 e. The SMILES string of the molecule is CCc1ccc(Nc2ncc(C(=O)CN(C)C)s2)cc1. The van der Waals surface area contributed by atoms with Gasteiger partial charge in [-0.2, -0.15) is 0 Å². The number of Topliss-reactive ketones (excluding diaryl/α,β-unsaturated/α-hetero) is 1. The van der Waals surface area contributed by atoms with Crippen molar-refractivity contribution in [1.29, 1.82) is 0 Å². The van der Waals surface area contributed by atoms with Crippen LogP contribution in [0.4, 0.5) is 10.8 Å². The second-order valence-corrected chi connectivity index (χ2v) is 5.90. The largest absolute Gasteiger partial charge is 0.332 e. The molecule has 0 bridgehead atoms. The van der Waals surface area contributed by atoms with E-state index in [1.54, 1.807) is 6.20 Å². The quantitative estimate of drug-likeness (QED) is 0.830. The van der Waals surface area contributed by atoms with Crippen molar-refractivity contribution < 1.29 is 4.79 Å². The smallest absolute Gasteiger partial charge is 0.188 e. The highest BCUT2D eigenvalue weighted by atomic mass is 32.1. The molecule has 20 heavy (non-hydrogen) atoms. The maximum absolute atomic E-state index is 11.9. The zero-order valence-electron chi connectivity index (χ0n) is 12.0. The van der Waals surface area contributed by atoms with Crippen molar-refractivity contribution in [3.8, 4) is 0 Å². The van der Waals surface area contributed by atoms with Crippen LogP contribution in [0.2, 0.25) is 0 Å². The van der Waals surface area contributed by atoms with Gasteiger partial charge in [0.15, 0.2) is 10.9 Å². The van der Waals surface area contributed by atoms with Crippen LogP contribution in [0, 0.1) is 0 Å². The van der Waals surface area contributed by atoms with E-state index in [1.807, 2.05) is 31.1 Å². The highest BCUT2D eigenvalue weighted by Crippen LogP contribution is 2.23. The lowest BCUT2D eigenvalue weighted by Crippen LogP contribution is -2.20. The second-order valence-electron chi connectivity index (χ2n) is 4.87. The zero-order valence-corrected chi connectivity index (χ0v) is 12.8. The summed E-state index contributed by atoms with van der Waals surface area (Å²) in [5.41, 5.74) is 2.29. The van der Waals surface area contributed by atoms with E-state index in [1.165, 1.54) is 16.9 Å². The molecule has 0 aliphatic rings. The Labute approximate surface area is 123 Å². The number of thiazole rings is 1. The Kier molecular flexibility index (Phi) is 4.87. The van der Waals surface area contributed by atoms with Gasteiger partial charge in [-0.25, -0.2) is 4.98 Å². The molecule has 0 radical (unpaired) electrons. The summed E-state index contributed by atoms with van der Waals surface area (Å²) in [5.74, 6) is 0.0990. The van der Waals surface area contributed by atoms with Gasteiger partial charge in [-0.05, 0) is 38.2 Å². The van der Waals surface area contributed by atoms with Gasteiger partial charge in [0.2, 0.25) is 0 Å². The van der Waals surface area contributed by atoms with Crippen LogP contribution in [-0.2, 0) is 6.42 Å². The van der Waals surface area contributed by atoms with E-state index in [9.17, 15) is 4.79 Å². The maximum atomic E-state index is 11.9. The summed E-state index contributed by atoms with van der Waals surface area (Å²) < 4.78 is 0. The fraction of sp³-hybridized carbons (Fsp3) is 0.333. The number of nitrogens with one attached hydrogen (secondary N) is 1. The van der Waals surface area contributed by atoms with Gasteiger partial charge in [0.05, 0.1) is 17.6 Å². The molecule has 106 valence electrons. The molecule has 4 nitrogen and oxygen atoms in total. The van der Waals surface area contributed by atoms with Gasteiger partial charge < -0.3 is 10.2 Å². The molecule has 0 spiro atoms. The highest BCUT2D eigenvalue weighted by molar-refractivity contribution is 7.17. The number of aromatic nitrogens is 1. The Hall–Kier alpha value is -1.72. The summed E-state index contributed by atoms with van der Waals surface area (Å²) in [6, 6.07) is 8.24. The van der Waals surface area contributed by atoms with Crippen LogP contribution in [0.3, 0.4) is 0 Å². The number of rotatable bonds is 6. The molecule has 2 rings (SSSR count). The number of aryl methyl sites for hydroxylation is 1. The first-order chi connectivity index (χ1) is 9.58. The first-order valence-corrected chi connectivity index (χ1v) is 7.40. The number of likely N-dealkylation sites (N-methyl/N-ethyl adjacent to an activating group) is 1. The Balaban J connectivity index is 2.03. The molecule has 0 atom stereocenters. The number of ketones is 1. The molecule has 0 aliphatic heterocycles. The summed E-state index contributed by atoms with van der Waals surface area (Å²) >= 11 is 1.39. The number of carbonyl (C=O) groups is 1. The molecule has 2 aromatic rings. The van der Waals surface area contributed by atoms with E-state index in [0.29, 0.717) is 11.4 Å². The Morgan fingerprint density at radius 2 is 2.00 bits per heavy atom. The van der Waals surface area contributed by atoms with E-state index in [2.05, 4.69) is 29.4 Å². The predicted molar refractivity (Wildman–Crippen MR) is 84.1 cm³/mol. The summed E-state index contributed by atoms with van der Waals surface area (Å²) in [6.45, 7) is 2.54. The zero-order chi connectivity index (χ0) is 14.5. The molecule has 5 heteroatoms. The average Bonchev–Trinajstić information content (AvgIpc) is 2.87. The molecule has 0 amide bonds. The van der Waals surface area contributed by atoms with Crippen molar-refractivity contribution in [2.75, 3.05) is 26.0 Å². The molecule has 1 heterocycles. The van der Waals surface area contributed by atoms with Crippen molar-refractivity contribution >= 4 is 27.9 Å². The number of hydrogen-bond acceptors (Lipinski definition) is 5. The van der Waals surface area contributed by atoms with Crippen molar-refractivity contribution in [3.05, 3.63) is 40.9 Å². The minimum atomic E-state index is 0.0990. The predicted octanol–water partition coefficient (Wildman–Crippen LogP) is 3.19. The minimum absolute atomic E-state index is 0.0990. The van der Waals surface area contributed by atoms with Crippen LogP contribution in [0.15, 0.2) is 30.5 Å². The van der Waals surface area contributed by atoms with Crippen LogP contribution in [0.25, 0.3) is 0 Å². The normalized spacial score (nSPS) is 10.8. The molecule has 1 aromatic carbocycles. The van der Waals surface area contributed by atoms with E-state index in [4.69, 9.17) is 0 Å². The third kappa shape index (κ3) is 3.88. The lowest BCUT2D eigenvalue weighted by Gasteiger charge is -2.06. The third-order valence-electron chi connectivity index (χ3n) is 2.85. The van der Waals surface area contributed by atoms with Gasteiger partial charge in [-0.1, -0.05) is 30.4 Å². The van der Waals surface area contributed by atoms with Crippen molar-refractivity contribution in [3.63, 3.8) is 0 Å². The first-order valence-electron chi connectivity index (χ1n) is 6.58. The average molecular weight is 289 g/mol. The number of carbonyl (C=O) groups excluding carboxylic acids is 1. The summed E-state index contributed by atoms with van der Waals surface area (Å²) in [6.07, 6.45) is 2.67.